The number of anilines is 1. The normalized spacial score (nSPS) is 24.1. The maximum atomic E-state index is 12.3. The Balaban J connectivity index is 1.49. The topological polar surface area (TPSA) is 75.2 Å². The molecular formula is C24H29ClN4O3. The molecule has 1 saturated carbocycles. The predicted octanol–water partition coefficient (Wildman–Crippen LogP) is 4.66. The van der Waals surface area contributed by atoms with E-state index >= 15 is 0 Å². The van der Waals surface area contributed by atoms with Gasteiger partial charge in [0.25, 0.3) is 0 Å². The van der Waals surface area contributed by atoms with Crippen molar-refractivity contribution in [2.24, 2.45) is 5.10 Å². The largest absolute Gasteiger partial charge is 0.493 e. The molecule has 2 aliphatic rings. The summed E-state index contributed by atoms with van der Waals surface area (Å²) < 4.78 is 11.0. The van der Waals surface area contributed by atoms with Crippen LogP contribution in [-0.4, -0.2) is 50.5 Å². The quantitative estimate of drug-likeness (QED) is 0.641. The first kappa shape index (κ1) is 22.4. The van der Waals surface area contributed by atoms with Crippen molar-refractivity contribution in [1.29, 1.82) is 0 Å². The van der Waals surface area contributed by atoms with Gasteiger partial charge in [0.2, 0.25) is 0 Å². The fourth-order valence-corrected chi connectivity index (χ4v) is 5.21. The molecule has 0 spiro atoms. The molecule has 2 N–H and O–H groups in total. The van der Waals surface area contributed by atoms with Crippen LogP contribution in [0.1, 0.15) is 31.2 Å². The molecule has 4 rings (SSSR count). The third kappa shape index (κ3) is 4.27. The van der Waals surface area contributed by atoms with Crippen molar-refractivity contribution >= 4 is 29.0 Å². The van der Waals surface area contributed by atoms with E-state index in [-0.39, 0.29) is 5.41 Å². The molecule has 2 aromatic carbocycles. The number of halogens is 1. The van der Waals surface area contributed by atoms with Gasteiger partial charge in [-0.15, -0.1) is 0 Å². The minimum Gasteiger partial charge on any atom is -0.493 e. The second kappa shape index (κ2) is 9.38. The Bertz CT molecular complexity index is 1030. The SMILES string of the molecule is COc1ccc([C@@]23CC/C(=N\NC(=O)Nc4ccccc4Cl)C[C@@H]2N(C)CC3)cc1OC. The van der Waals surface area contributed by atoms with Gasteiger partial charge in [-0.3, -0.25) is 0 Å². The van der Waals surface area contributed by atoms with Gasteiger partial charge in [0.05, 0.1) is 24.9 Å². The van der Waals surface area contributed by atoms with E-state index in [0.717, 1.165) is 49.4 Å². The smallest absolute Gasteiger partial charge is 0.339 e. The highest BCUT2D eigenvalue weighted by molar-refractivity contribution is 6.33. The molecule has 1 heterocycles. The van der Waals surface area contributed by atoms with Gasteiger partial charge in [-0.1, -0.05) is 29.8 Å². The fraction of sp³-hybridized carbons (Fsp3) is 0.417. The predicted molar refractivity (Wildman–Crippen MR) is 127 cm³/mol. The molecule has 7 nitrogen and oxygen atoms in total. The minimum atomic E-state index is -0.401. The molecule has 2 atom stereocenters. The summed E-state index contributed by atoms with van der Waals surface area (Å²) in [5, 5.41) is 7.65. The molecule has 0 unspecified atom stereocenters. The van der Waals surface area contributed by atoms with Gasteiger partial charge < -0.3 is 19.7 Å². The molecule has 2 amide bonds. The van der Waals surface area contributed by atoms with Crippen molar-refractivity contribution in [1.82, 2.24) is 10.3 Å². The zero-order chi connectivity index (χ0) is 22.7. The second-order valence-electron chi connectivity index (χ2n) is 8.40. The number of likely N-dealkylation sites (tertiary alicyclic amines) is 1. The summed E-state index contributed by atoms with van der Waals surface area (Å²) in [6.45, 7) is 1.02. The molecule has 2 aromatic rings. The van der Waals surface area contributed by atoms with Crippen LogP contribution in [0.25, 0.3) is 0 Å². The summed E-state index contributed by atoms with van der Waals surface area (Å²) in [6.07, 6.45) is 3.67. The van der Waals surface area contributed by atoms with Crippen molar-refractivity contribution in [2.75, 3.05) is 33.1 Å². The lowest BCUT2D eigenvalue weighted by Crippen LogP contribution is -2.46. The van der Waals surface area contributed by atoms with Crippen LogP contribution >= 0.6 is 11.6 Å². The average Bonchev–Trinajstić information content (AvgIpc) is 3.15. The van der Waals surface area contributed by atoms with Crippen LogP contribution in [0.4, 0.5) is 10.5 Å². The van der Waals surface area contributed by atoms with E-state index in [1.54, 1.807) is 26.4 Å². The number of likely N-dealkylation sites (N-methyl/N-ethyl adjacent to an activating group) is 1. The number of hydrogen-bond donors (Lipinski definition) is 2. The highest BCUT2D eigenvalue weighted by Crippen LogP contribution is 2.49. The number of nitrogens with zero attached hydrogens (tertiary/aromatic N) is 2. The van der Waals surface area contributed by atoms with E-state index in [0.29, 0.717) is 16.8 Å². The highest BCUT2D eigenvalue weighted by Gasteiger charge is 2.49. The van der Waals surface area contributed by atoms with Crippen LogP contribution in [0.15, 0.2) is 47.6 Å². The van der Waals surface area contributed by atoms with Crippen molar-refractivity contribution in [3.05, 3.63) is 53.1 Å². The minimum absolute atomic E-state index is 0.0349. The van der Waals surface area contributed by atoms with Crippen LogP contribution < -0.4 is 20.2 Å². The van der Waals surface area contributed by atoms with Gasteiger partial charge in [-0.2, -0.15) is 5.10 Å². The summed E-state index contributed by atoms with van der Waals surface area (Å²) >= 11 is 6.11. The molecule has 0 radical (unpaired) electrons. The monoisotopic (exact) mass is 456 g/mol. The van der Waals surface area contributed by atoms with E-state index in [9.17, 15) is 4.79 Å². The molecular weight excluding hydrogens is 428 g/mol. The first-order valence-electron chi connectivity index (χ1n) is 10.8. The van der Waals surface area contributed by atoms with E-state index in [2.05, 4.69) is 39.9 Å². The molecule has 32 heavy (non-hydrogen) atoms. The van der Waals surface area contributed by atoms with Gasteiger partial charge in [0.1, 0.15) is 0 Å². The van der Waals surface area contributed by atoms with Gasteiger partial charge in [0.15, 0.2) is 11.5 Å². The summed E-state index contributed by atoms with van der Waals surface area (Å²) in [5.41, 5.74) is 5.49. The summed E-state index contributed by atoms with van der Waals surface area (Å²) in [4.78, 5) is 14.7. The number of rotatable bonds is 5. The average molecular weight is 457 g/mol. The molecule has 8 heteroatoms. The van der Waals surface area contributed by atoms with Crippen LogP contribution in [-0.2, 0) is 5.41 Å². The lowest BCUT2D eigenvalue weighted by molar-refractivity contribution is 0.225. The maximum absolute atomic E-state index is 12.3. The van der Waals surface area contributed by atoms with Crippen molar-refractivity contribution in [3.8, 4) is 11.5 Å². The number of fused-ring (bicyclic) bond motifs is 1. The molecule has 1 aliphatic carbocycles. The second-order valence-corrected chi connectivity index (χ2v) is 8.81. The van der Waals surface area contributed by atoms with Gasteiger partial charge in [-0.05, 0) is 62.7 Å². The Hall–Kier alpha value is -2.77. The Kier molecular flexibility index (Phi) is 6.58. The third-order valence-electron chi connectivity index (χ3n) is 6.77. The Morgan fingerprint density at radius 2 is 1.94 bits per heavy atom. The number of methoxy groups -OCH3 is 2. The molecule has 170 valence electrons. The van der Waals surface area contributed by atoms with E-state index in [1.807, 2.05) is 18.2 Å². The number of para-hydroxylation sites is 1. The number of urea groups is 1. The first-order chi connectivity index (χ1) is 15.5. The zero-order valence-electron chi connectivity index (χ0n) is 18.7. The Labute approximate surface area is 193 Å². The maximum Gasteiger partial charge on any atom is 0.339 e. The molecule has 1 aliphatic heterocycles. The molecule has 0 aromatic heterocycles. The van der Waals surface area contributed by atoms with Gasteiger partial charge >= 0.3 is 6.03 Å². The van der Waals surface area contributed by atoms with Crippen LogP contribution in [0.3, 0.4) is 0 Å². The van der Waals surface area contributed by atoms with E-state index in [1.165, 1.54) is 5.56 Å². The molecule has 2 fully saturated rings. The van der Waals surface area contributed by atoms with Crippen LogP contribution in [0.5, 0.6) is 11.5 Å². The Morgan fingerprint density at radius 3 is 2.69 bits per heavy atom. The Morgan fingerprint density at radius 1 is 1.16 bits per heavy atom. The zero-order valence-corrected chi connectivity index (χ0v) is 19.4. The fourth-order valence-electron chi connectivity index (χ4n) is 5.03. The first-order valence-corrected chi connectivity index (χ1v) is 11.1. The summed E-state index contributed by atoms with van der Waals surface area (Å²) in [7, 11) is 5.48. The summed E-state index contributed by atoms with van der Waals surface area (Å²) in [6, 6.07) is 13.3. The highest BCUT2D eigenvalue weighted by atomic mass is 35.5. The lowest BCUT2D eigenvalue weighted by atomic mass is 9.65. The number of nitrogens with one attached hydrogen (secondary N) is 2. The summed E-state index contributed by atoms with van der Waals surface area (Å²) in [5.74, 6) is 1.49. The number of amides is 2. The third-order valence-corrected chi connectivity index (χ3v) is 7.09. The van der Waals surface area contributed by atoms with Crippen LogP contribution in [0.2, 0.25) is 5.02 Å². The van der Waals surface area contributed by atoms with E-state index in [4.69, 9.17) is 21.1 Å². The molecule has 0 bridgehead atoms. The lowest BCUT2D eigenvalue weighted by Gasteiger charge is -2.42. The number of hydrogen-bond acceptors (Lipinski definition) is 5. The van der Waals surface area contributed by atoms with Crippen molar-refractivity contribution < 1.29 is 14.3 Å². The standard InChI is InChI=1S/C24H29ClN4O3/c1-29-13-12-24(16-8-9-20(31-2)21(14-16)32-3)11-10-17(15-22(24)29)27-28-23(30)26-19-7-5-4-6-18(19)25/h4-9,14,22H,10-13,15H2,1-3H3,(H2,26,28,30)/b27-17+/t22-,24-/m0/s1. The number of hydrazone groups is 1. The number of carbonyl (C=O) groups excluding carboxylic acids is 1. The van der Waals surface area contributed by atoms with Crippen molar-refractivity contribution in [2.45, 2.75) is 37.1 Å². The number of ether oxygens (including phenoxy) is 2. The van der Waals surface area contributed by atoms with Gasteiger partial charge in [0, 0.05) is 23.6 Å². The van der Waals surface area contributed by atoms with Crippen molar-refractivity contribution in [3.63, 3.8) is 0 Å². The van der Waals surface area contributed by atoms with Crippen LogP contribution in [0, 0.1) is 0 Å². The van der Waals surface area contributed by atoms with E-state index < -0.39 is 6.03 Å². The molecule has 1 saturated heterocycles. The number of benzene rings is 2. The number of carbonyl (C=O) groups is 1. The van der Waals surface area contributed by atoms with Gasteiger partial charge in [-0.25, -0.2) is 10.2 Å².